The van der Waals surface area contributed by atoms with E-state index in [0.717, 1.165) is 11.3 Å². The Bertz CT molecular complexity index is 654. The molecule has 0 aliphatic carbocycles. The second-order valence-corrected chi connectivity index (χ2v) is 4.95. The standard InChI is InChI=1S/C15H17N5O/c1-17-13-11-9-20(8-7-12(11)18-15(16)19-13)14(21)10-5-3-2-4-6-10/h2-6H,7-9H2,1H3,(H3,16,17,18,19). The number of aromatic nitrogens is 2. The van der Waals surface area contributed by atoms with Gasteiger partial charge in [0.15, 0.2) is 0 Å². The Hall–Kier alpha value is -2.63. The number of nitrogen functional groups attached to an aromatic ring is 1. The topological polar surface area (TPSA) is 84.1 Å². The summed E-state index contributed by atoms with van der Waals surface area (Å²) in [6.45, 7) is 1.14. The summed E-state index contributed by atoms with van der Waals surface area (Å²) >= 11 is 0. The van der Waals surface area contributed by atoms with Crippen LogP contribution in [0, 0.1) is 0 Å². The van der Waals surface area contributed by atoms with E-state index in [0.29, 0.717) is 30.9 Å². The van der Waals surface area contributed by atoms with Crippen LogP contribution < -0.4 is 11.1 Å². The minimum Gasteiger partial charge on any atom is -0.373 e. The van der Waals surface area contributed by atoms with E-state index in [2.05, 4.69) is 15.3 Å². The lowest BCUT2D eigenvalue weighted by Crippen LogP contribution is -2.37. The number of nitrogens with zero attached hydrogens (tertiary/aromatic N) is 3. The number of hydrogen-bond donors (Lipinski definition) is 2. The van der Waals surface area contributed by atoms with Crippen molar-refractivity contribution in [2.24, 2.45) is 0 Å². The molecular weight excluding hydrogens is 266 g/mol. The molecular formula is C15H17N5O. The molecule has 0 saturated carbocycles. The quantitative estimate of drug-likeness (QED) is 0.868. The van der Waals surface area contributed by atoms with Gasteiger partial charge >= 0.3 is 0 Å². The van der Waals surface area contributed by atoms with Crippen molar-refractivity contribution >= 4 is 17.7 Å². The van der Waals surface area contributed by atoms with E-state index in [1.807, 2.05) is 35.2 Å². The first-order valence-electron chi connectivity index (χ1n) is 6.86. The van der Waals surface area contributed by atoms with Crippen molar-refractivity contribution in [2.75, 3.05) is 24.6 Å². The minimum absolute atomic E-state index is 0.0279. The van der Waals surface area contributed by atoms with Gasteiger partial charge in [0.25, 0.3) is 5.91 Å². The fourth-order valence-corrected chi connectivity index (χ4v) is 2.58. The predicted molar refractivity (Wildman–Crippen MR) is 80.9 cm³/mol. The van der Waals surface area contributed by atoms with Crippen LogP contribution in [0.15, 0.2) is 30.3 Å². The Morgan fingerprint density at radius 1 is 1.29 bits per heavy atom. The van der Waals surface area contributed by atoms with E-state index in [4.69, 9.17) is 5.73 Å². The van der Waals surface area contributed by atoms with Crippen LogP contribution in [0.1, 0.15) is 21.6 Å². The highest BCUT2D eigenvalue weighted by molar-refractivity contribution is 5.94. The number of rotatable bonds is 2. The van der Waals surface area contributed by atoms with Gasteiger partial charge in [-0.05, 0) is 12.1 Å². The molecule has 1 amide bonds. The predicted octanol–water partition coefficient (Wildman–Crippen LogP) is 1.30. The maximum atomic E-state index is 12.5. The second-order valence-electron chi connectivity index (χ2n) is 4.95. The minimum atomic E-state index is 0.0279. The lowest BCUT2D eigenvalue weighted by atomic mass is 10.0. The van der Waals surface area contributed by atoms with Crippen LogP contribution in [0.4, 0.5) is 11.8 Å². The van der Waals surface area contributed by atoms with Crippen molar-refractivity contribution in [2.45, 2.75) is 13.0 Å². The van der Waals surface area contributed by atoms with Crippen LogP contribution in [0.2, 0.25) is 0 Å². The maximum Gasteiger partial charge on any atom is 0.254 e. The summed E-state index contributed by atoms with van der Waals surface area (Å²) in [6, 6.07) is 9.30. The Morgan fingerprint density at radius 3 is 2.76 bits per heavy atom. The Labute approximate surface area is 123 Å². The highest BCUT2D eigenvalue weighted by atomic mass is 16.2. The van der Waals surface area contributed by atoms with Gasteiger partial charge in [0.1, 0.15) is 5.82 Å². The van der Waals surface area contributed by atoms with Gasteiger partial charge in [-0.15, -0.1) is 0 Å². The van der Waals surface area contributed by atoms with Crippen LogP contribution in [0.3, 0.4) is 0 Å². The molecule has 1 aromatic carbocycles. The van der Waals surface area contributed by atoms with Crippen molar-refractivity contribution in [1.29, 1.82) is 0 Å². The van der Waals surface area contributed by atoms with Gasteiger partial charge in [-0.25, -0.2) is 4.98 Å². The molecule has 6 nitrogen and oxygen atoms in total. The molecule has 1 aliphatic heterocycles. The first-order valence-corrected chi connectivity index (χ1v) is 6.86. The maximum absolute atomic E-state index is 12.5. The summed E-state index contributed by atoms with van der Waals surface area (Å²) in [5, 5.41) is 3.03. The van der Waals surface area contributed by atoms with Crippen molar-refractivity contribution < 1.29 is 4.79 Å². The molecule has 108 valence electrons. The molecule has 0 bridgehead atoms. The Kier molecular flexibility index (Phi) is 3.43. The summed E-state index contributed by atoms with van der Waals surface area (Å²) in [7, 11) is 1.79. The van der Waals surface area contributed by atoms with Gasteiger partial charge < -0.3 is 16.0 Å². The number of nitrogens with one attached hydrogen (secondary N) is 1. The van der Waals surface area contributed by atoms with Gasteiger partial charge in [0.2, 0.25) is 5.95 Å². The van der Waals surface area contributed by atoms with Crippen LogP contribution in [-0.2, 0) is 13.0 Å². The Morgan fingerprint density at radius 2 is 2.05 bits per heavy atom. The van der Waals surface area contributed by atoms with E-state index in [9.17, 15) is 4.79 Å². The zero-order valence-corrected chi connectivity index (χ0v) is 11.8. The molecule has 0 radical (unpaired) electrons. The summed E-state index contributed by atoms with van der Waals surface area (Å²) in [5.41, 5.74) is 8.27. The van der Waals surface area contributed by atoms with Gasteiger partial charge in [-0.3, -0.25) is 4.79 Å². The SMILES string of the molecule is CNc1nc(N)nc2c1CN(C(=O)c1ccccc1)CC2. The van der Waals surface area contributed by atoms with Crippen molar-refractivity contribution in [3.05, 3.63) is 47.2 Å². The van der Waals surface area contributed by atoms with Crippen LogP contribution in [-0.4, -0.2) is 34.4 Å². The molecule has 6 heteroatoms. The van der Waals surface area contributed by atoms with Gasteiger partial charge in [0.05, 0.1) is 12.2 Å². The van der Waals surface area contributed by atoms with Crippen molar-refractivity contribution in [3.63, 3.8) is 0 Å². The van der Waals surface area contributed by atoms with Gasteiger partial charge in [0, 0.05) is 31.1 Å². The third-order valence-electron chi connectivity index (χ3n) is 3.62. The number of benzene rings is 1. The molecule has 0 atom stereocenters. The number of hydrogen-bond acceptors (Lipinski definition) is 5. The number of fused-ring (bicyclic) bond motifs is 1. The van der Waals surface area contributed by atoms with E-state index in [-0.39, 0.29) is 11.9 Å². The normalized spacial score (nSPS) is 13.7. The number of carbonyl (C=O) groups is 1. The molecule has 21 heavy (non-hydrogen) atoms. The molecule has 3 rings (SSSR count). The molecule has 1 aromatic heterocycles. The van der Waals surface area contributed by atoms with Crippen molar-refractivity contribution in [1.82, 2.24) is 14.9 Å². The average molecular weight is 283 g/mol. The van der Waals surface area contributed by atoms with Crippen LogP contribution in [0.5, 0.6) is 0 Å². The molecule has 0 spiro atoms. The number of anilines is 2. The fraction of sp³-hybridized carbons (Fsp3) is 0.267. The molecule has 3 N–H and O–H groups in total. The zero-order chi connectivity index (χ0) is 14.8. The third-order valence-corrected chi connectivity index (χ3v) is 3.62. The fourth-order valence-electron chi connectivity index (χ4n) is 2.58. The summed E-state index contributed by atoms with van der Waals surface area (Å²) in [4.78, 5) is 22.8. The zero-order valence-electron chi connectivity index (χ0n) is 11.8. The molecule has 1 aliphatic rings. The Balaban J connectivity index is 1.89. The number of amides is 1. The van der Waals surface area contributed by atoms with E-state index in [1.54, 1.807) is 7.05 Å². The lowest BCUT2D eigenvalue weighted by molar-refractivity contribution is 0.0734. The average Bonchev–Trinajstić information content (AvgIpc) is 2.53. The summed E-state index contributed by atoms with van der Waals surface area (Å²) in [6.07, 6.45) is 0.690. The van der Waals surface area contributed by atoms with Crippen LogP contribution >= 0.6 is 0 Å². The van der Waals surface area contributed by atoms with E-state index in [1.165, 1.54) is 0 Å². The first kappa shape index (κ1) is 13.4. The lowest BCUT2D eigenvalue weighted by Gasteiger charge is -2.29. The first-order chi connectivity index (χ1) is 10.2. The smallest absolute Gasteiger partial charge is 0.254 e. The van der Waals surface area contributed by atoms with E-state index < -0.39 is 0 Å². The van der Waals surface area contributed by atoms with Crippen molar-refractivity contribution in [3.8, 4) is 0 Å². The third kappa shape index (κ3) is 2.52. The van der Waals surface area contributed by atoms with Gasteiger partial charge in [-0.1, -0.05) is 18.2 Å². The monoisotopic (exact) mass is 283 g/mol. The number of nitrogens with two attached hydrogens (primary N) is 1. The summed E-state index contributed by atoms with van der Waals surface area (Å²) in [5.74, 6) is 0.990. The van der Waals surface area contributed by atoms with Gasteiger partial charge in [-0.2, -0.15) is 4.98 Å². The molecule has 2 heterocycles. The molecule has 0 unspecified atom stereocenters. The highest BCUT2D eigenvalue weighted by Gasteiger charge is 2.25. The highest BCUT2D eigenvalue weighted by Crippen LogP contribution is 2.25. The summed E-state index contributed by atoms with van der Waals surface area (Å²) < 4.78 is 0. The number of carbonyl (C=O) groups excluding carboxylic acids is 1. The molecule has 2 aromatic rings. The molecule has 0 fully saturated rings. The second kappa shape index (κ2) is 5.40. The molecule has 0 saturated heterocycles. The largest absolute Gasteiger partial charge is 0.373 e. The van der Waals surface area contributed by atoms with Crippen LogP contribution in [0.25, 0.3) is 0 Å². The van der Waals surface area contributed by atoms with E-state index >= 15 is 0 Å².